The lowest BCUT2D eigenvalue weighted by Gasteiger charge is -2.28. The first-order valence-corrected chi connectivity index (χ1v) is 12.2. The standard InChI is InChI=1S/C26H24N4O4S/c1-18-7-9-21-24(15-18)35-26(27-21)29(17-19-5-3-2-4-6-19)25(31)20-8-10-22(23(16-20)30(32)33)28-11-13-34-14-12-28/h2-10,15-16H,11-14,17H2,1H3. The van der Waals surface area contributed by atoms with Crippen LogP contribution >= 0.6 is 11.3 Å². The van der Waals surface area contributed by atoms with Crippen molar-refractivity contribution in [3.8, 4) is 0 Å². The van der Waals surface area contributed by atoms with Crippen LogP contribution < -0.4 is 9.80 Å². The summed E-state index contributed by atoms with van der Waals surface area (Å²) in [5, 5.41) is 12.5. The molecule has 0 atom stereocenters. The molecule has 1 saturated heterocycles. The van der Waals surface area contributed by atoms with Crippen LogP contribution in [0.5, 0.6) is 0 Å². The molecule has 0 saturated carbocycles. The van der Waals surface area contributed by atoms with E-state index in [4.69, 9.17) is 9.72 Å². The number of carbonyl (C=O) groups excluding carboxylic acids is 1. The fraction of sp³-hybridized carbons (Fsp3) is 0.231. The fourth-order valence-electron chi connectivity index (χ4n) is 4.16. The summed E-state index contributed by atoms with van der Waals surface area (Å²) in [4.78, 5) is 33.5. The molecule has 0 aliphatic carbocycles. The highest BCUT2D eigenvalue weighted by Crippen LogP contribution is 2.34. The van der Waals surface area contributed by atoms with Gasteiger partial charge in [-0.15, -0.1) is 0 Å². The molecule has 0 bridgehead atoms. The third-order valence-electron chi connectivity index (χ3n) is 5.96. The molecule has 9 heteroatoms. The Balaban J connectivity index is 1.54. The van der Waals surface area contributed by atoms with E-state index in [0.717, 1.165) is 21.3 Å². The van der Waals surface area contributed by atoms with Crippen LogP contribution in [0.2, 0.25) is 0 Å². The second-order valence-corrected chi connectivity index (χ2v) is 9.41. The molecule has 35 heavy (non-hydrogen) atoms. The summed E-state index contributed by atoms with van der Waals surface area (Å²) < 4.78 is 6.36. The highest BCUT2D eigenvalue weighted by molar-refractivity contribution is 7.22. The summed E-state index contributed by atoms with van der Waals surface area (Å²) in [6, 6.07) is 20.3. The average Bonchev–Trinajstić information content (AvgIpc) is 3.30. The molecule has 1 aliphatic rings. The Labute approximate surface area is 206 Å². The molecule has 0 unspecified atom stereocenters. The summed E-state index contributed by atoms with van der Waals surface area (Å²) in [7, 11) is 0. The number of nitrogens with zero attached hydrogens (tertiary/aromatic N) is 4. The SMILES string of the molecule is Cc1ccc2nc(N(Cc3ccccc3)C(=O)c3ccc(N4CCOCC4)c([N+](=O)[O-])c3)sc2c1. The Morgan fingerprint density at radius 3 is 2.63 bits per heavy atom. The number of ether oxygens (including phenoxy) is 1. The van der Waals surface area contributed by atoms with Gasteiger partial charge in [0.05, 0.1) is 34.9 Å². The highest BCUT2D eigenvalue weighted by Gasteiger charge is 2.27. The Bertz CT molecular complexity index is 1380. The van der Waals surface area contributed by atoms with Gasteiger partial charge in [-0.1, -0.05) is 47.7 Å². The number of aryl methyl sites for hydroxylation is 1. The molecule has 5 rings (SSSR count). The largest absolute Gasteiger partial charge is 0.378 e. The van der Waals surface area contributed by atoms with Gasteiger partial charge in [0.25, 0.3) is 11.6 Å². The monoisotopic (exact) mass is 488 g/mol. The molecule has 1 fully saturated rings. The van der Waals surface area contributed by atoms with Crippen molar-refractivity contribution in [2.75, 3.05) is 36.1 Å². The number of morpholine rings is 1. The van der Waals surface area contributed by atoms with Crippen molar-refractivity contribution in [1.29, 1.82) is 0 Å². The lowest BCUT2D eigenvalue weighted by Crippen LogP contribution is -2.36. The molecule has 0 N–H and O–H groups in total. The first-order valence-electron chi connectivity index (χ1n) is 11.3. The molecule has 0 spiro atoms. The van der Waals surface area contributed by atoms with Crippen LogP contribution in [-0.4, -0.2) is 42.1 Å². The Kier molecular flexibility index (Phi) is 6.43. The van der Waals surface area contributed by atoms with Crippen LogP contribution in [0.1, 0.15) is 21.5 Å². The van der Waals surface area contributed by atoms with Gasteiger partial charge in [0.1, 0.15) is 5.69 Å². The van der Waals surface area contributed by atoms with E-state index in [9.17, 15) is 14.9 Å². The molecular formula is C26H24N4O4S. The van der Waals surface area contributed by atoms with Crippen LogP contribution in [0.4, 0.5) is 16.5 Å². The number of hydrogen-bond acceptors (Lipinski definition) is 7. The zero-order valence-corrected chi connectivity index (χ0v) is 20.0. The zero-order chi connectivity index (χ0) is 24.4. The summed E-state index contributed by atoms with van der Waals surface area (Å²) in [5.41, 5.74) is 3.53. The van der Waals surface area contributed by atoms with E-state index < -0.39 is 4.92 Å². The van der Waals surface area contributed by atoms with Crippen LogP contribution in [0, 0.1) is 17.0 Å². The van der Waals surface area contributed by atoms with Crippen LogP contribution in [0.3, 0.4) is 0 Å². The smallest absolute Gasteiger partial charge is 0.293 e. The minimum atomic E-state index is -0.427. The van der Waals surface area contributed by atoms with Crippen molar-refractivity contribution >= 4 is 44.0 Å². The number of nitro groups is 1. The van der Waals surface area contributed by atoms with E-state index >= 15 is 0 Å². The Hall–Kier alpha value is -3.82. The van der Waals surface area contributed by atoms with E-state index in [1.54, 1.807) is 17.0 Å². The quantitative estimate of drug-likeness (QED) is 0.274. The topological polar surface area (TPSA) is 88.8 Å². The number of hydrogen-bond donors (Lipinski definition) is 0. The second-order valence-electron chi connectivity index (χ2n) is 8.40. The maximum Gasteiger partial charge on any atom is 0.293 e. The minimum Gasteiger partial charge on any atom is -0.378 e. The number of anilines is 2. The van der Waals surface area contributed by atoms with Gasteiger partial charge in [-0.3, -0.25) is 19.8 Å². The number of amides is 1. The van der Waals surface area contributed by atoms with Gasteiger partial charge < -0.3 is 9.64 Å². The predicted octanol–water partition coefficient (Wildman–Crippen LogP) is 5.20. The molecule has 1 aliphatic heterocycles. The fourth-order valence-corrected chi connectivity index (χ4v) is 5.22. The van der Waals surface area contributed by atoms with Gasteiger partial charge in [0, 0.05) is 24.7 Å². The van der Waals surface area contributed by atoms with Crippen molar-refractivity contribution in [2.45, 2.75) is 13.5 Å². The molecule has 178 valence electrons. The Morgan fingerprint density at radius 2 is 1.89 bits per heavy atom. The number of rotatable bonds is 6. The van der Waals surface area contributed by atoms with Crippen LogP contribution in [0.15, 0.2) is 66.7 Å². The highest BCUT2D eigenvalue weighted by atomic mass is 32.1. The summed E-state index contributed by atoms with van der Waals surface area (Å²) in [6.45, 7) is 4.48. The van der Waals surface area contributed by atoms with Crippen molar-refractivity contribution in [1.82, 2.24) is 4.98 Å². The van der Waals surface area contributed by atoms with Gasteiger partial charge in [-0.05, 0) is 42.3 Å². The summed E-state index contributed by atoms with van der Waals surface area (Å²) in [6.07, 6.45) is 0. The lowest BCUT2D eigenvalue weighted by molar-refractivity contribution is -0.384. The Morgan fingerprint density at radius 1 is 1.11 bits per heavy atom. The molecule has 2 heterocycles. The summed E-state index contributed by atoms with van der Waals surface area (Å²) in [5.74, 6) is -0.332. The van der Waals surface area contributed by atoms with Crippen molar-refractivity contribution in [3.05, 3.63) is 93.5 Å². The number of nitro benzene ring substituents is 1. The molecule has 1 amide bonds. The number of aromatic nitrogens is 1. The summed E-state index contributed by atoms with van der Waals surface area (Å²) >= 11 is 1.44. The second kappa shape index (κ2) is 9.81. The molecule has 0 radical (unpaired) electrons. The third-order valence-corrected chi connectivity index (χ3v) is 7.00. The van der Waals surface area contributed by atoms with Gasteiger partial charge in [0.15, 0.2) is 5.13 Å². The van der Waals surface area contributed by atoms with Crippen molar-refractivity contribution in [2.24, 2.45) is 0 Å². The lowest BCUT2D eigenvalue weighted by atomic mass is 10.1. The molecule has 1 aromatic heterocycles. The molecule has 4 aromatic rings. The number of benzene rings is 3. The van der Waals surface area contributed by atoms with E-state index in [1.165, 1.54) is 17.4 Å². The van der Waals surface area contributed by atoms with E-state index in [1.807, 2.05) is 60.4 Å². The normalized spacial score (nSPS) is 13.7. The first kappa shape index (κ1) is 22.9. The van der Waals surface area contributed by atoms with Gasteiger partial charge in [-0.2, -0.15) is 0 Å². The van der Waals surface area contributed by atoms with Crippen LogP contribution in [0.25, 0.3) is 10.2 Å². The van der Waals surface area contributed by atoms with E-state index in [2.05, 4.69) is 0 Å². The predicted molar refractivity (Wildman–Crippen MR) is 137 cm³/mol. The maximum absolute atomic E-state index is 13.8. The minimum absolute atomic E-state index is 0.0858. The average molecular weight is 489 g/mol. The van der Waals surface area contributed by atoms with Gasteiger partial charge in [-0.25, -0.2) is 4.98 Å². The number of carbonyl (C=O) groups is 1. The van der Waals surface area contributed by atoms with Crippen molar-refractivity contribution in [3.63, 3.8) is 0 Å². The van der Waals surface area contributed by atoms with Crippen LogP contribution in [-0.2, 0) is 11.3 Å². The van der Waals surface area contributed by atoms with Gasteiger partial charge in [0.2, 0.25) is 0 Å². The van der Waals surface area contributed by atoms with E-state index in [-0.39, 0.29) is 17.2 Å². The van der Waals surface area contributed by atoms with Crippen molar-refractivity contribution < 1.29 is 14.5 Å². The first-order chi connectivity index (χ1) is 17.0. The maximum atomic E-state index is 13.8. The number of thiazole rings is 1. The number of fused-ring (bicyclic) bond motifs is 1. The van der Waals surface area contributed by atoms with E-state index in [0.29, 0.717) is 43.7 Å². The third kappa shape index (κ3) is 4.87. The zero-order valence-electron chi connectivity index (χ0n) is 19.2. The molecular weight excluding hydrogens is 464 g/mol. The van der Waals surface area contributed by atoms with Gasteiger partial charge >= 0.3 is 0 Å². The molecule has 3 aromatic carbocycles. The molecule has 8 nitrogen and oxygen atoms in total.